The second kappa shape index (κ2) is 7.05. The minimum atomic E-state index is -0.233. The van der Waals surface area contributed by atoms with Crippen molar-refractivity contribution in [2.75, 3.05) is 36.8 Å². The van der Waals surface area contributed by atoms with Crippen LogP contribution in [0, 0.1) is 26.6 Å². The van der Waals surface area contributed by atoms with Crippen molar-refractivity contribution in [2.45, 2.75) is 20.8 Å². The van der Waals surface area contributed by atoms with Gasteiger partial charge in [0.2, 0.25) is 0 Å². The lowest BCUT2D eigenvalue weighted by Crippen LogP contribution is -2.49. The summed E-state index contributed by atoms with van der Waals surface area (Å²) in [4.78, 5) is 22.9. The number of piperazine rings is 1. The standard InChI is InChI=1S/C21H23FN4OS/c1-12-13(2)17-18(23)19(28-20(17)24-14(12)3)21(27)26-10-8-25(9-11-26)16-7-5-4-6-15(16)22/h4-7H,8-11,23H2,1-3H3. The van der Waals surface area contributed by atoms with Crippen molar-refractivity contribution in [1.29, 1.82) is 0 Å². The summed E-state index contributed by atoms with van der Waals surface area (Å²) in [5.41, 5.74) is 10.6. The van der Waals surface area contributed by atoms with E-state index in [1.807, 2.05) is 31.7 Å². The fourth-order valence-corrected chi connectivity index (χ4v) is 4.90. The number of fused-ring (bicyclic) bond motifs is 1. The predicted molar refractivity (Wildman–Crippen MR) is 113 cm³/mol. The first kappa shape index (κ1) is 18.7. The molecule has 1 aromatic carbocycles. The van der Waals surface area contributed by atoms with Gasteiger partial charge in [-0.3, -0.25) is 4.79 Å². The third-order valence-electron chi connectivity index (χ3n) is 5.63. The summed E-state index contributed by atoms with van der Waals surface area (Å²) in [6.45, 7) is 8.27. The Labute approximate surface area is 167 Å². The van der Waals surface area contributed by atoms with Crippen LogP contribution in [0.25, 0.3) is 10.2 Å². The van der Waals surface area contributed by atoms with Crippen LogP contribution in [0.4, 0.5) is 15.8 Å². The van der Waals surface area contributed by atoms with Crippen molar-refractivity contribution in [1.82, 2.24) is 9.88 Å². The summed E-state index contributed by atoms with van der Waals surface area (Å²) < 4.78 is 14.0. The topological polar surface area (TPSA) is 62.5 Å². The number of benzene rings is 1. The predicted octanol–water partition coefficient (Wildman–Crippen LogP) is 3.91. The summed E-state index contributed by atoms with van der Waals surface area (Å²) in [7, 11) is 0. The number of amides is 1. The molecule has 0 saturated carbocycles. The van der Waals surface area contributed by atoms with Crippen LogP contribution in [0.1, 0.15) is 26.5 Å². The van der Waals surface area contributed by atoms with E-state index in [1.165, 1.54) is 17.4 Å². The Hall–Kier alpha value is -2.67. The van der Waals surface area contributed by atoms with Gasteiger partial charge in [-0.05, 0) is 44.0 Å². The molecule has 28 heavy (non-hydrogen) atoms. The van der Waals surface area contributed by atoms with E-state index in [9.17, 15) is 9.18 Å². The minimum absolute atomic E-state index is 0.0663. The third kappa shape index (κ3) is 2.99. The zero-order valence-electron chi connectivity index (χ0n) is 16.3. The van der Waals surface area contributed by atoms with E-state index in [-0.39, 0.29) is 11.7 Å². The van der Waals surface area contributed by atoms with Gasteiger partial charge in [0, 0.05) is 37.3 Å². The molecule has 1 amide bonds. The number of hydrogen-bond acceptors (Lipinski definition) is 5. The lowest BCUT2D eigenvalue weighted by Gasteiger charge is -2.36. The van der Waals surface area contributed by atoms with Crippen molar-refractivity contribution >= 4 is 38.8 Å². The minimum Gasteiger partial charge on any atom is -0.397 e. The quantitative estimate of drug-likeness (QED) is 0.711. The molecule has 0 atom stereocenters. The van der Waals surface area contributed by atoms with Gasteiger partial charge in [0.25, 0.3) is 5.91 Å². The van der Waals surface area contributed by atoms with Gasteiger partial charge in [0.15, 0.2) is 0 Å². The van der Waals surface area contributed by atoms with E-state index in [0.29, 0.717) is 42.4 Å². The number of thiophene rings is 1. The van der Waals surface area contributed by atoms with Gasteiger partial charge in [0.1, 0.15) is 15.5 Å². The highest BCUT2D eigenvalue weighted by Gasteiger charge is 2.27. The summed E-state index contributed by atoms with van der Waals surface area (Å²) in [5, 5.41) is 0.890. The van der Waals surface area contributed by atoms with Gasteiger partial charge >= 0.3 is 0 Å². The largest absolute Gasteiger partial charge is 0.397 e. The van der Waals surface area contributed by atoms with E-state index >= 15 is 0 Å². The fraction of sp³-hybridized carbons (Fsp3) is 0.333. The van der Waals surface area contributed by atoms with Gasteiger partial charge < -0.3 is 15.5 Å². The number of carbonyl (C=O) groups is 1. The molecule has 0 aliphatic carbocycles. The number of rotatable bonds is 2. The number of carbonyl (C=O) groups excluding carboxylic acids is 1. The summed E-state index contributed by atoms with van der Waals surface area (Å²) in [6.07, 6.45) is 0. The molecule has 1 aliphatic heterocycles. The molecule has 3 heterocycles. The molecule has 146 valence electrons. The van der Waals surface area contributed by atoms with Gasteiger partial charge in [-0.15, -0.1) is 11.3 Å². The van der Waals surface area contributed by atoms with E-state index in [0.717, 1.165) is 27.0 Å². The van der Waals surface area contributed by atoms with Crippen LogP contribution in [0.2, 0.25) is 0 Å². The van der Waals surface area contributed by atoms with E-state index in [1.54, 1.807) is 17.0 Å². The Morgan fingerprint density at radius 3 is 2.46 bits per heavy atom. The molecule has 0 unspecified atom stereocenters. The highest BCUT2D eigenvalue weighted by molar-refractivity contribution is 7.21. The second-order valence-corrected chi connectivity index (χ2v) is 8.20. The summed E-state index contributed by atoms with van der Waals surface area (Å²) in [5.74, 6) is -0.299. The van der Waals surface area contributed by atoms with E-state index in [4.69, 9.17) is 5.73 Å². The first-order valence-corrected chi connectivity index (χ1v) is 10.1. The molecular formula is C21H23FN4OS. The summed E-state index contributed by atoms with van der Waals surface area (Å²) in [6, 6.07) is 6.75. The molecule has 3 aromatic rings. The molecule has 1 saturated heterocycles. The fourth-order valence-electron chi connectivity index (χ4n) is 3.73. The molecule has 7 heteroatoms. The molecule has 0 bridgehead atoms. The number of pyridine rings is 1. The molecule has 1 aliphatic rings. The van der Waals surface area contributed by atoms with Gasteiger partial charge in [-0.25, -0.2) is 9.37 Å². The van der Waals surface area contributed by atoms with Crippen LogP contribution in [0.5, 0.6) is 0 Å². The Balaban J connectivity index is 1.57. The molecule has 0 radical (unpaired) electrons. The molecule has 2 aromatic heterocycles. The maximum atomic E-state index is 14.0. The zero-order valence-corrected chi connectivity index (χ0v) is 17.1. The number of nitrogens with two attached hydrogens (primary N) is 1. The van der Waals surface area contributed by atoms with Crippen LogP contribution < -0.4 is 10.6 Å². The smallest absolute Gasteiger partial charge is 0.266 e. The normalized spacial score (nSPS) is 14.7. The zero-order chi connectivity index (χ0) is 20.0. The lowest BCUT2D eigenvalue weighted by molar-refractivity contribution is 0.0752. The number of hydrogen-bond donors (Lipinski definition) is 1. The highest BCUT2D eigenvalue weighted by atomic mass is 32.1. The third-order valence-corrected chi connectivity index (χ3v) is 6.72. The number of para-hydroxylation sites is 1. The molecule has 1 fully saturated rings. The molecule has 2 N–H and O–H groups in total. The van der Waals surface area contributed by atoms with Crippen molar-refractivity contribution in [3.05, 3.63) is 51.8 Å². The maximum absolute atomic E-state index is 14.0. The monoisotopic (exact) mass is 398 g/mol. The molecular weight excluding hydrogens is 375 g/mol. The average Bonchev–Trinajstić information content (AvgIpc) is 3.02. The number of aromatic nitrogens is 1. The van der Waals surface area contributed by atoms with E-state index < -0.39 is 0 Å². The average molecular weight is 399 g/mol. The Morgan fingerprint density at radius 2 is 1.79 bits per heavy atom. The lowest BCUT2D eigenvalue weighted by atomic mass is 10.1. The maximum Gasteiger partial charge on any atom is 0.266 e. The number of anilines is 2. The number of aryl methyl sites for hydroxylation is 2. The van der Waals surface area contributed by atoms with Crippen LogP contribution in [0.15, 0.2) is 24.3 Å². The number of halogens is 1. The van der Waals surface area contributed by atoms with Gasteiger partial charge in [0.05, 0.1) is 11.4 Å². The number of nitrogens with zero attached hydrogens (tertiary/aromatic N) is 3. The molecule has 4 rings (SSSR count). The number of nitrogen functional groups attached to an aromatic ring is 1. The Bertz CT molecular complexity index is 1070. The van der Waals surface area contributed by atoms with Crippen molar-refractivity contribution in [3.8, 4) is 0 Å². The van der Waals surface area contributed by atoms with Crippen LogP contribution in [-0.2, 0) is 0 Å². The van der Waals surface area contributed by atoms with E-state index in [2.05, 4.69) is 4.98 Å². The van der Waals surface area contributed by atoms with Crippen molar-refractivity contribution in [2.24, 2.45) is 0 Å². The first-order valence-electron chi connectivity index (χ1n) is 9.33. The van der Waals surface area contributed by atoms with Crippen LogP contribution >= 0.6 is 11.3 Å². The summed E-state index contributed by atoms with van der Waals surface area (Å²) >= 11 is 1.36. The first-order chi connectivity index (χ1) is 13.4. The van der Waals surface area contributed by atoms with Gasteiger partial charge in [-0.1, -0.05) is 12.1 Å². The molecule has 0 spiro atoms. The Kier molecular flexibility index (Phi) is 4.71. The van der Waals surface area contributed by atoms with Crippen LogP contribution in [-0.4, -0.2) is 42.0 Å². The highest BCUT2D eigenvalue weighted by Crippen LogP contribution is 2.37. The van der Waals surface area contributed by atoms with Crippen LogP contribution in [0.3, 0.4) is 0 Å². The Morgan fingerprint density at radius 1 is 1.11 bits per heavy atom. The van der Waals surface area contributed by atoms with Crippen molar-refractivity contribution < 1.29 is 9.18 Å². The van der Waals surface area contributed by atoms with Gasteiger partial charge in [-0.2, -0.15) is 0 Å². The second-order valence-electron chi connectivity index (χ2n) is 7.20. The molecule has 5 nitrogen and oxygen atoms in total. The SMILES string of the molecule is Cc1nc2sc(C(=O)N3CCN(c4ccccc4F)CC3)c(N)c2c(C)c1C. The van der Waals surface area contributed by atoms with Crippen molar-refractivity contribution in [3.63, 3.8) is 0 Å².